The monoisotopic (exact) mass is 407 g/mol. The number of carbonyl (C=O) groups is 2. The van der Waals surface area contributed by atoms with Crippen LogP contribution >= 0.6 is 0 Å². The van der Waals surface area contributed by atoms with Gasteiger partial charge in [0.2, 0.25) is 0 Å². The van der Waals surface area contributed by atoms with Crippen LogP contribution in [0, 0.1) is 0 Å². The number of rotatable bonds is 7. The molecule has 1 aromatic carbocycles. The van der Waals surface area contributed by atoms with Crippen molar-refractivity contribution in [1.29, 1.82) is 0 Å². The summed E-state index contributed by atoms with van der Waals surface area (Å²) in [7, 11) is 0. The summed E-state index contributed by atoms with van der Waals surface area (Å²) in [5.41, 5.74) is 0.673. The van der Waals surface area contributed by atoms with Gasteiger partial charge in [0.1, 0.15) is 24.7 Å². The Labute approximate surface area is 163 Å². The minimum Gasteiger partial charge on any atom is -0.486 e. The minimum atomic E-state index is -4.41. The predicted octanol–water partition coefficient (Wildman–Crippen LogP) is 4.07. The van der Waals surface area contributed by atoms with Crippen LogP contribution in [-0.4, -0.2) is 27.6 Å². The van der Waals surface area contributed by atoms with E-state index in [-0.39, 0.29) is 23.8 Å². The van der Waals surface area contributed by atoms with Crippen LogP contribution in [0.15, 0.2) is 53.2 Å². The fourth-order valence-corrected chi connectivity index (χ4v) is 2.41. The molecular formula is C19H16F3N3O4. The first-order chi connectivity index (χ1) is 13.7. The third-order valence-electron chi connectivity index (χ3n) is 3.76. The molecule has 7 nitrogen and oxygen atoms in total. The van der Waals surface area contributed by atoms with Gasteiger partial charge in [0.25, 0.3) is 5.91 Å². The van der Waals surface area contributed by atoms with E-state index in [1.165, 1.54) is 13.0 Å². The van der Waals surface area contributed by atoms with E-state index in [1.54, 1.807) is 30.3 Å². The second kappa shape index (κ2) is 8.21. The molecule has 29 heavy (non-hydrogen) atoms. The zero-order valence-electron chi connectivity index (χ0n) is 15.2. The highest BCUT2D eigenvalue weighted by molar-refractivity contribution is 6.02. The van der Waals surface area contributed by atoms with E-state index >= 15 is 0 Å². The van der Waals surface area contributed by atoms with E-state index in [4.69, 9.17) is 9.15 Å². The fraction of sp³-hybridized carbons (Fsp3) is 0.211. The van der Waals surface area contributed by atoms with Crippen molar-refractivity contribution in [1.82, 2.24) is 9.78 Å². The smallest absolute Gasteiger partial charge is 0.408 e. The number of hydrogen-bond acceptors (Lipinski definition) is 5. The Balaban J connectivity index is 1.55. The summed E-state index contributed by atoms with van der Waals surface area (Å²) in [6.45, 7) is 0.265. The molecule has 0 aliphatic carbocycles. The van der Waals surface area contributed by atoms with Crippen LogP contribution in [0.1, 0.15) is 33.6 Å². The number of anilines is 1. The molecule has 152 valence electrons. The van der Waals surface area contributed by atoms with Gasteiger partial charge in [0, 0.05) is 11.8 Å². The van der Waals surface area contributed by atoms with Gasteiger partial charge in [-0.1, -0.05) is 0 Å². The van der Waals surface area contributed by atoms with Gasteiger partial charge in [-0.15, -0.1) is 0 Å². The number of carbonyl (C=O) groups excluding carboxylic acids is 2. The summed E-state index contributed by atoms with van der Waals surface area (Å²) in [5, 5.41) is 5.96. The number of aromatic nitrogens is 2. The molecule has 0 bridgehead atoms. The molecule has 1 amide bonds. The number of Topliss-reactive ketones (excluding diaryl/α,β-unsaturated/α-hetero) is 1. The summed E-state index contributed by atoms with van der Waals surface area (Å²) in [5.74, 6) is 0.183. The first-order valence-electron chi connectivity index (χ1n) is 8.43. The van der Waals surface area contributed by atoms with Gasteiger partial charge in [-0.05, 0) is 43.3 Å². The molecular weight excluding hydrogens is 391 g/mol. The zero-order chi connectivity index (χ0) is 21.0. The van der Waals surface area contributed by atoms with Crippen molar-refractivity contribution in [2.24, 2.45) is 0 Å². The SMILES string of the molecule is CC(=O)c1ccc(OCc2ccc(C(=O)Nc3cnn(CC(F)(F)F)c3)o2)cc1. The summed E-state index contributed by atoms with van der Waals surface area (Å²) in [6.07, 6.45) is -2.22. The molecule has 0 saturated heterocycles. The molecule has 3 rings (SSSR count). The van der Waals surface area contributed by atoms with Crippen LogP contribution in [-0.2, 0) is 13.2 Å². The number of amides is 1. The molecule has 1 N–H and O–H groups in total. The van der Waals surface area contributed by atoms with Crippen molar-refractivity contribution >= 4 is 17.4 Å². The van der Waals surface area contributed by atoms with Gasteiger partial charge >= 0.3 is 6.18 Å². The third kappa shape index (κ3) is 5.71. The number of halogens is 3. The lowest BCUT2D eigenvalue weighted by Gasteiger charge is -2.05. The highest BCUT2D eigenvalue weighted by atomic mass is 19.4. The number of ketones is 1. The van der Waals surface area contributed by atoms with Gasteiger partial charge < -0.3 is 14.5 Å². The molecule has 2 aromatic heterocycles. The molecule has 0 fully saturated rings. The fourth-order valence-electron chi connectivity index (χ4n) is 2.41. The largest absolute Gasteiger partial charge is 0.486 e. The molecule has 0 aliphatic rings. The number of furan rings is 1. The summed E-state index contributed by atoms with van der Waals surface area (Å²) in [4.78, 5) is 23.4. The molecule has 2 heterocycles. The standard InChI is InChI=1S/C19H16F3N3O4/c1-12(26)13-2-4-15(5-3-13)28-10-16-6-7-17(29-16)18(27)24-14-8-23-25(9-14)11-19(20,21)22/h2-9H,10-11H2,1H3,(H,24,27). The first kappa shape index (κ1) is 20.2. The third-order valence-corrected chi connectivity index (χ3v) is 3.76. The van der Waals surface area contributed by atoms with E-state index in [1.807, 2.05) is 0 Å². The second-order valence-corrected chi connectivity index (χ2v) is 6.13. The molecule has 10 heteroatoms. The second-order valence-electron chi connectivity index (χ2n) is 6.13. The van der Waals surface area contributed by atoms with Gasteiger partial charge in [-0.3, -0.25) is 14.3 Å². The average Bonchev–Trinajstić information content (AvgIpc) is 3.28. The Bertz CT molecular complexity index is 1010. The van der Waals surface area contributed by atoms with Gasteiger partial charge in [0.05, 0.1) is 11.9 Å². The highest BCUT2D eigenvalue weighted by Crippen LogP contribution is 2.19. The van der Waals surface area contributed by atoms with E-state index in [0.717, 1.165) is 12.4 Å². The Kier molecular flexibility index (Phi) is 5.71. The van der Waals surface area contributed by atoms with Gasteiger partial charge in [0.15, 0.2) is 11.5 Å². The van der Waals surface area contributed by atoms with Crippen LogP contribution in [0.25, 0.3) is 0 Å². The maximum absolute atomic E-state index is 12.3. The number of hydrogen-bond donors (Lipinski definition) is 1. The van der Waals surface area contributed by atoms with Crippen LogP contribution in [0.3, 0.4) is 0 Å². The number of nitrogens with zero attached hydrogens (tertiary/aromatic N) is 2. The normalized spacial score (nSPS) is 11.3. The maximum Gasteiger partial charge on any atom is 0.408 e. The quantitative estimate of drug-likeness (QED) is 0.597. The topological polar surface area (TPSA) is 86.4 Å². The van der Waals surface area contributed by atoms with E-state index in [9.17, 15) is 22.8 Å². The predicted molar refractivity (Wildman–Crippen MR) is 95.7 cm³/mol. The summed E-state index contributed by atoms with van der Waals surface area (Å²) >= 11 is 0. The number of alkyl halides is 3. The molecule has 0 atom stereocenters. The molecule has 0 saturated carbocycles. The van der Waals surface area contributed by atoms with Crippen molar-refractivity contribution < 1.29 is 31.9 Å². The van der Waals surface area contributed by atoms with Crippen molar-refractivity contribution in [3.05, 3.63) is 65.9 Å². The van der Waals surface area contributed by atoms with E-state index in [0.29, 0.717) is 21.8 Å². The highest BCUT2D eigenvalue weighted by Gasteiger charge is 2.28. The lowest BCUT2D eigenvalue weighted by molar-refractivity contribution is -0.142. The lowest BCUT2D eigenvalue weighted by Crippen LogP contribution is -2.17. The van der Waals surface area contributed by atoms with Crippen molar-refractivity contribution in [3.63, 3.8) is 0 Å². The molecule has 0 spiro atoms. The average molecular weight is 407 g/mol. The first-order valence-corrected chi connectivity index (χ1v) is 8.43. The summed E-state index contributed by atoms with van der Waals surface area (Å²) in [6, 6.07) is 9.53. The van der Waals surface area contributed by atoms with Crippen molar-refractivity contribution in [2.75, 3.05) is 5.32 Å². The Morgan fingerprint density at radius 1 is 1.17 bits per heavy atom. The maximum atomic E-state index is 12.3. The Hall–Kier alpha value is -3.56. The molecule has 0 radical (unpaired) electrons. The molecule has 3 aromatic rings. The van der Waals surface area contributed by atoms with Gasteiger partial charge in [-0.25, -0.2) is 0 Å². The zero-order valence-corrected chi connectivity index (χ0v) is 15.2. The van der Waals surface area contributed by atoms with Gasteiger partial charge in [-0.2, -0.15) is 18.3 Å². The number of benzene rings is 1. The van der Waals surface area contributed by atoms with Crippen LogP contribution < -0.4 is 10.1 Å². The molecule has 0 aliphatic heterocycles. The summed E-state index contributed by atoms with van der Waals surface area (Å²) < 4.78 is 48.6. The molecule has 0 unspecified atom stereocenters. The minimum absolute atomic E-state index is 0.0286. The van der Waals surface area contributed by atoms with Crippen LogP contribution in [0.2, 0.25) is 0 Å². The van der Waals surface area contributed by atoms with E-state index in [2.05, 4.69) is 10.4 Å². The lowest BCUT2D eigenvalue weighted by atomic mass is 10.1. The van der Waals surface area contributed by atoms with Crippen molar-refractivity contribution in [2.45, 2.75) is 26.3 Å². The number of ether oxygens (including phenoxy) is 1. The van der Waals surface area contributed by atoms with E-state index < -0.39 is 18.6 Å². The Morgan fingerprint density at radius 2 is 1.90 bits per heavy atom. The van der Waals surface area contributed by atoms with Crippen LogP contribution in [0.5, 0.6) is 5.75 Å². The Morgan fingerprint density at radius 3 is 2.55 bits per heavy atom. The van der Waals surface area contributed by atoms with Crippen molar-refractivity contribution in [3.8, 4) is 5.75 Å². The van der Waals surface area contributed by atoms with Crippen LogP contribution in [0.4, 0.5) is 18.9 Å². The number of nitrogens with one attached hydrogen (secondary N) is 1.